The average Bonchev–Trinajstić information content (AvgIpc) is 3.15. The van der Waals surface area contributed by atoms with Crippen LogP contribution in [-0.4, -0.2) is 68.6 Å². The Kier molecular flexibility index (Phi) is 5.04. The predicted octanol–water partition coefficient (Wildman–Crippen LogP) is -0.211. The fraction of sp³-hybridized carbons (Fsp3) is 0.923. The van der Waals surface area contributed by atoms with Crippen molar-refractivity contribution in [3.8, 4) is 0 Å². The van der Waals surface area contributed by atoms with Crippen molar-refractivity contribution in [2.45, 2.75) is 44.8 Å². The van der Waals surface area contributed by atoms with E-state index in [1.807, 2.05) is 6.92 Å². The van der Waals surface area contributed by atoms with Gasteiger partial charge in [0.15, 0.2) is 9.84 Å². The average molecular weight is 304 g/mol. The maximum atomic E-state index is 12.0. The molecule has 1 heterocycles. The monoisotopic (exact) mass is 304 g/mol. The summed E-state index contributed by atoms with van der Waals surface area (Å²) >= 11 is 0. The van der Waals surface area contributed by atoms with Crippen LogP contribution in [0.3, 0.4) is 0 Å². The quantitative estimate of drug-likeness (QED) is 0.684. The van der Waals surface area contributed by atoms with Gasteiger partial charge in [-0.3, -0.25) is 9.69 Å². The Labute approximate surface area is 120 Å². The Morgan fingerprint density at radius 1 is 1.45 bits per heavy atom. The highest BCUT2D eigenvalue weighted by Gasteiger charge is 2.34. The van der Waals surface area contributed by atoms with E-state index in [1.165, 1.54) is 0 Å². The summed E-state index contributed by atoms with van der Waals surface area (Å²) < 4.78 is 28.3. The smallest absolute Gasteiger partial charge is 0.324 e. The number of hydrogen-bond acceptors (Lipinski definition) is 6. The largest absolute Gasteiger partial charge is 0.465 e. The van der Waals surface area contributed by atoms with Crippen molar-refractivity contribution >= 4 is 15.8 Å². The molecule has 0 amide bonds. The van der Waals surface area contributed by atoms with Gasteiger partial charge in [0, 0.05) is 25.2 Å². The van der Waals surface area contributed by atoms with Gasteiger partial charge in [-0.25, -0.2) is 8.42 Å². The van der Waals surface area contributed by atoms with Crippen LogP contribution in [-0.2, 0) is 19.4 Å². The molecule has 2 aliphatic rings. The van der Waals surface area contributed by atoms with Crippen LogP contribution in [0, 0.1) is 0 Å². The number of rotatable bonds is 6. The van der Waals surface area contributed by atoms with Gasteiger partial charge in [0.25, 0.3) is 0 Å². The highest BCUT2D eigenvalue weighted by atomic mass is 32.2. The van der Waals surface area contributed by atoms with Gasteiger partial charge >= 0.3 is 5.97 Å². The number of esters is 1. The topological polar surface area (TPSA) is 75.7 Å². The molecule has 1 aliphatic carbocycles. The molecule has 0 aromatic rings. The first kappa shape index (κ1) is 15.7. The maximum absolute atomic E-state index is 12.0. The highest BCUT2D eigenvalue weighted by molar-refractivity contribution is 7.91. The summed E-state index contributed by atoms with van der Waals surface area (Å²) in [4.78, 5) is 14.1. The molecule has 0 aromatic carbocycles. The number of nitrogens with one attached hydrogen (secondary N) is 1. The van der Waals surface area contributed by atoms with E-state index in [9.17, 15) is 13.2 Å². The van der Waals surface area contributed by atoms with Crippen molar-refractivity contribution in [2.75, 3.05) is 31.2 Å². The molecule has 2 unspecified atom stereocenters. The lowest BCUT2D eigenvalue weighted by molar-refractivity contribution is -0.146. The highest BCUT2D eigenvalue weighted by Crippen LogP contribution is 2.20. The van der Waals surface area contributed by atoms with Gasteiger partial charge in [-0.15, -0.1) is 0 Å². The first-order valence-electron chi connectivity index (χ1n) is 7.28. The van der Waals surface area contributed by atoms with E-state index in [-0.39, 0.29) is 29.6 Å². The lowest BCUT2D eigenvalue weighted by Crippen LogP contribution is -2.54. The second-order valence-electron chi connectivity index (χ2n) is 5.70. The van der Waals surface area contributed by atoms with E-state index in [1.54, 1.807) is 6.92 Å². The van der Waals surface area contributed by atoms with Gasteiger partial charge < -0.3 is 10.1 Å². The molecular weight excluding hydrogens is 280 g/mol. The lowest BCUT2D eigenvalue weighted by atomic mass is 10.2. The van der Waals surface area contributed by atoms with E-state index in [0.29, 0.717) is 25.7 Å². The van der Waals surface area contributed by atoms with Crippen molar-refractivity contribution < 1.29 is 17.9 Å². The van der Waals surface area contributed by atoms with E-state index in [4.69, 9.17) is 4.74 Å². The molecule has 0 radical (unpaired) electrons. The molecule has 6 nitrogen and oxygen atoms in total. The molecular formula is C13H24N2O4S. The Morgan fingerprint density at radius 2 is 2.15 bits per heavy atom. The van der Waals surface area contributed by atoms with Crippen LogP contribution in [0.4, 0.5) is 0 Å². The SMILES string of the molecule is CCOC(=O)C(CN1CCS(=O)(=O)CC1C)NC1CC1. The normalized spacial score (nSPS) is 28.0. The van der Waals surface area contributed by atoms with Gasteiger partial charge in [-0.1, -0.05) is 0 Å². The zero-order valence-electron chi connectivity index (χ0n) is 12.2. The summed E-state index contributed by atoms with van der Waals surface area (Å²) in [5.74, 6) is 0.113. The molecule has 1 aliphatic heterocycles. The molecule has 1 saturated heterocycles. The van der Waals surface area contributed by atoms with Crippen LogP contribution >= 0.6 is 0 Å². The number of carbonyl (C=O) groups is 1. The molecule has 2 atom stereocenters. The summed E-state index contributed by atoms with van der Waals surface area (Å²) in [6.07, 6.45) is 2.19. The van der Waals surface area contributed by atoms with E-state index >= 15 is 0 Å². The molecule has 2 rings (SSSR count). The number of ether oxygens (including phenoxy) is 1. The van der Waals surface area contributed by atoms with Crippen LogP contribution < -0.4 is 5.32 Å². The Morgan fingerprint density at radius 3 is 2.70 bits per heavy atom. The fourth-order valence-corrected chi connectivity index (χ4v) is 4.14. The number of hydrogen-bond donors (Lipinski definition) is 1. The zero-order valence-corrected chi connectivity index (χ0v) is 13.0. The van der Waals surface area contributed by atoms with E-state index in [2.05, 4.69) is 10.2 Å². The minimum atomic E-state index is -2.92. The number of sulfone groups is 1. The standard InChI is InChI=1S/C13H24N2O4S/c1-3-19-13(16)12(14-11-4-5-11)8-15-6-7-20(17,18)9-10(15)2/h10-12,14H,3-9H2,1-2H3. The molecule has 0 bridgehead atoms. The van der Waals surface area contributed by atoms with Crippen LogP contribution in [0.1, 0.15) is 26.7 Å². The second-order valence-corrected chi connectivity index (χ2v) is 7.93. The third-order valence-corrected chi connectivity index (χ3v) is 5.61. The molecule has 1 N–H and O–H groups in total. The summed E-state index contributed by atoms with van der Waals surface area (Å²) in [6, 6.07) is 0.00520. The molecule has 20 heavy (non-hydrogen) atoms. The molecule has 7 heteroatoms. The molecule has 116 valence electrons. The first-order chi connectivity index (χ1) is 9.41. The number of carbonyl (C=O) groups excluding carboxylic acids is 1. The van der Waals surface area contributed by atoms with Crippen molar-refractivity contribution in [1.82, 2.24) is 10.2 Å². The van der Waals surface area contributed by atoms with Gasteiger partial charge in [0.1, 0.15) is 6.04 Å². The van der Waals surface area contributed by atoms with Crippen molar-refractivity contribution in [1.29, 1.82) is 0 Å². The third kappa shape index (κ3) is 4.43. The zero-order chi connectivity index (χ0) is 14.8. The molecule has 0 aromatic heterocycles. The summed E-state index contributed by atoms with van der Waals surface area (Å²) in [5, 5.41) is 3.30. The van der Waals surface area contributed by atoms with Crippen LogP contribution in [0.15, 0.2) is 0 Å². The maximum Gasteiger partial charge on any atom is 0.324 e. The van der Waals surface area contributed by atoms with Crippen molar-refractivity contribution in [3.05, 3.63) is 0 Å². The minimum absolute atomic E-state index is 0.0494. The number of nitrogens with zero attached hydrogens (tertiary/aromatic N) is 1. The Bertz CT molecular complexity index is 447. The molecule has 2 fully saturated rings. The van der Waals surface area contributed by atoms with Gasteiger partial charge in [-0.2, -0.15) is 0 Å². The molecule has 1 saturated carbocycles. The van der Waals surface area contributed by atoms with Gasteiger partial charge in [0.05, 0.1) is 18.1 Å². The van der Waals surface area contributed by atoms with E-state index < -0.39 is 9.84 Å². The third-order valence-electron chi connectivity index (χ3n) is 3.81. The van der Waals surface area contributed by atoms with Crippen molar-refractivity contribution in [2.24, 2.45) is 0 Å². The van der Waals surface area contributed by atoms with Crippen LogP contribution in [0.25, 0.3) is 0 Å². The lowest BCUT2D eigenvalue weighted by Gasteiger charge is -2.35. The van der Waals surface area contributed by atoms with Gasteiger partial charge in [-0.05, 0) is 26.7 Å². The summed E-state index contributed by atoms with van der Waals surface area (Å²) in [6.45, 7) is 5.07. The first-order valence-corrected chi connectivity index (χ1v) is 9.10. The van der Waals surface area contributed by atoms with Crippen LogP contribution in [0.5, 0.6) is 0 Å². The minimum Gasteiger partial charge on any atom is -0.465 e. The molecule has 0 spiro atoms. The predicted molar refractivity (Wildman–Crippen MR) is 76.3 cm³/mol. The second kappa shape index (κ2) is 6.41. The Hall–Kier alpha value is -0.660. The summed E-state index contributed by atoms with van der Waals surface area (Å²) in [5.41, 5.74) is 0. The van der Waals surface area contributed by atoms with Crippen LogP contribution in [0.2, 0.25) is 0 Å². The summed E-state index contributed by atoms with van der Waals surface area (Å²) in [7, 11) is -2.92. The van der Waals surface area contributed by atoms with Gasteiger partial charge in [0.2, 0.25) is 0 Å². The van der Waals surface area contributed by atoms with Crippen molar-refractivity contribution in [3.63, 3.8) is 0 Å². The van der Waals surface area contributed by atoms with E-state index in [0.717, 1.165) is 12.8 Å². The Balaban J connectivity index is 1.94. The fourth-order valence-electron chi connectivity index (χ4n) is 2.51.